The summed E-state index contributed by atoms with van der Waals surface area (Å²) in [4.78, 5) is 8.52. The van der Waals surface area contributed by atoms with Crippen molar-refractivity contribution in [1.82, 2.24) is 20.1 Å². The summed E-state index contributed by atoms with van der Waals surface area (Å²) in [5, 5.41) is 11.1. The lowest BCUT2D eigenvalue weighted by Crippen LogP contribution is -2.37. The number of sulfone groups is 1. The number of likely N-dealkylation sites (N-methyl/N-ethyl adjacent to an activating group) is 1. The number of hydrogen-bond donors (Lipinski definition) is 1. The maximum atomic E-state index is 11.7. The van der Waals surface area contributed by atoms with Crippen LogP contribution < -0.4 is 10.2 Å². The van der Waals surface area contributed by atoms with E-state index < -0.39 is 9.84 Å². The van der Waals surface area contributed by atoms with E-state index in [4.69, 9.17) is 0 Å². The summed E-state index contributed by atoms with van der Waals surface area (Å²) in [6.45, 7) is 4.27. The minimum Gasteiger partial charge on any atom is -0.352 e. The molecule has 1 aliphatic rings. The van der Waals surface area contributed by atoms with Crippen LogP contribution in [-0.4, -0.2) is 79.8 Å². The van der Waals surface area contributed by atoms with E-state index in [0.29, 0.717) is 24.7 Å². The average molecular weight is 328 g/mol. The number of anilines is 2. The van der Waals surface area contributed by atoms with E-state index in [0.717, 1.165) is 13.1 Å². The molecule has 0 amide bonds. The Morgan fingerprint density at radius 2 is 2.18 bits per heavy atom. The van der Waals surface area contributed by atoms with Crippen LogP contribution in [0.5, 0.6) is 0 Å². The highest BCUT2D eigenvalue weighted by molar-refractivity contribution is 7.91. The van der Waals surface area contributed by atoms with Crippen LogP contribution in [0.2, 0.25) is 0 Å². The molecule has 2 rings (SSSR count). The van der Waals surface area contributed by atoms with Crippen LogP contribution in [0.25, 0.3) is 0 Å². The number of aromatic nitrogens is 3. The second-order valence-electron chi connectivity index (χ2n) is 5.71. The van der Waals surface area contributed by atoms with Gasteiger partial charge in [0.2, 0.25) is 5.95 Å². The van der Waals surface area contributed by atoms with Gasteiger partial charge in [-0.1, -0.05) is 0 Å². The first kappa shape index (κ1) is 16.9. The second-order valence-corrected chi connectivity index (χ2v) is 7.94. The van der Waals surface area contributed by atoms with Gasteiger partial charge in [0, 0.05) is 25.7 Å². The monoisotopic (exact) mass is 328 g/mol. The smallest absolute Gasteiger partial charge is 0.244 e. The molecule has 0 aliphatic carbocycles. The van der Waals surface area contributed by atoms with Crippen molar-refractivity contribution in [2.75, 3.05) is 55.5 Å². The van der Waals surface area contributed by atoms with Crippen molar-refractivity contribution in [3.05, 3.63) is 6.20 Å². The Hall–Kier alpha value is -1.48. The zero-order valence-electron chi connectivity index (χ0n) is 13.4. The van der Waals surface area contributed by atoms with Gasteiger partial charge in [-0.3, -0.25) is 0 Å². The summed E-state index contributed by atoms with van der Waals surface area (Å²) < 4.78 is 23.3. The number of nitrogens with one attached hydrogen (secondary N) is 1. The minimum absolute atomic E-state index is 0.0266. The predicted molar refractivity (Wildman–Crippen MR) is 86.9 cm³/mol. The molecule has 1 atom stereocenters. The Bertz CT molecular complexity index is 592. The number of hydrogen-bond acceptors (Lipinski definition) is 8. The molecule has 1 saturated heterocycles. The van der Waals surface area contributed by atoms with Gasteiger partial charge in [-0.05, 0) is 27.4 Å². The molecule has 1 N–H and O–H groups in total. The van der Waals surface area contributed by atoms with E-state index in [-0.39, 0.29) is 17.5 Å². The van der Waals surface area contributed by atoms with Crippen molar-refractivity contribution in [2.24, 2.45) is 0 Å². The Labute approximate surface area is 131 Å². The molecule has 9 heteroatoms. The van der Waals surface area contributed by atoms with Gasteiger partial charge in [0.05, 0.1) is 17.7 Å². The van der Waals surface area contributed by atoms with Crippen LogP contribution in [0, 0.1) is 0 Å². The summed E-state index contributed by atoms with van der Waals surface area (Å²) in [5.41, 5.74) is 0. The molecule has 22 heavy (non-hydrogen) atoms. The highest BCUT2D eigenvalue weighted by atomic mass is 32.2. The van der Waals surface area contributed by atoms with Gasteiger partial charge in [0.25, 0.3) is 0 Å². The van der Waals surface area contributed by atoms with Crippen molar-refractivity contribution in [3.63, 3.8) is 0 Å². The Balaban J connectivity index is 2.06. The van der Waals surface area contributed by atoms with Crippen molar-refractivity contribution >= 4 is 21.6 Å². The highest BCUT2D eigenvalue weighted by Crippen LogP contribution is 2.22. The van der Waals surface area contributed by atoms with Crippen LogP contribution in [0.4, 0.5) is 11.8 Å². The maximum Gasteiger partial charge on any atom is 0.244 e. The molecular formula is C13H24N6O2S. The molecule has 2 heterocycles. The summed E-state index contributed by atoms with van der Waals surface area (Å²) in [7, 11) is 1.07. The summed E-state index contributed by atoms with van der Waals surface area (Å²) in [5.74, 6) is 1.58. The van der Waals surface area contributed by atoms with Crippen LogP contribution in [0.3, 0.4) is 0 Å². The van der Waals surface area contributed by atoms with Crippen LogP contribution in [-0.2, 0) is 9.84 Å². The summed E-state index contributed by atoms with van der Waals surface area (Å²) >= 11 is 0. The van der Waals surface area contributed by atoms with E-state index in [1.54, 1.807) is 6.20 Å². The van der Waals surface area contributed by atoms with Crippen molar-refractivity contribution in [2.45, 2.75) is 19.4 Å². The zero-order chi connectivity index (χ0) is 16.2. The lowest BCUT2D eigenvalue weighted by Gasteiger charge is -2.27. The molecule has 0 spiro atoms. The van der Waals surface area contributed by atoms with E-state index in [1.165, 1.54) is 0 Å². The van der Waals surface area contributed by atoms with Gasteiger partial charge in [-0.2, -0.15) is 10.1 Å². The van der Waals surface area contributed by atoms with E-state index in [9.17, 15) is 8.42 Å². The number of rotatable bonds is 7. The van der Waals surface area contributed by atoms with Crippen LogP contribution in [0.15, 0.2) is 6.20 Å². The fourth-order valence-corrected chi connectivity index (χ4v) is 4.26. The Morgan fingerprint density at radius 3 is 2.77 bits per heavy atom. The van der Waals surface area contributed by atoms with Crippen molar-refractivity contribution in [1.29, 1.82) is 0 Å². The quantitative estimate of drug-likeness (QED) is 0.739. The molecule has 1 aliphatic heterocycles. The molecule has 1 aromatic heterocycles. The minimum atomic E-state index is -2.92. The standard InChI is InChI=1S/C13H24N6O2S/c1-4-19(11-5-8-22(20,21)10-11)12-9-15-17-13(16-12)14-6-7-18(2)3/h9,11H,4-8,10H2,1-3H3,(H,14,16,17). The van der Waals surface area contributed by atoms with Gasteiger partial charge in [0.15, 0.2) is 15.7 Å². The molecule has 1 aromatic rings. The lowest BCUT2D eigenvalue weighted by atomic mass is 10.2. The van der Waals surface area contributed by atoms with Crippen molar-refractivity contribution < 1.29 is 8.42 Å². The Morgan fingerprint density at radius 1 is 1.41 bits per heavy atom. The third-order valence-corrected chi connectivity index (χ3v) is 5.42. The van der Waals surface area contributed by atoms with E-state index in [2.05, 4.69) is 25.4 Å². The lowest BCUT2D eigenvalue weighted by molar-refractivity contribution is 0.424. The molecular weight excluding hydrogens is 304 g/mol. The third-order valence-electron chi connectivity index (χ3n) is 3.67. The molecule has 8 nitrogen and oxygen atoms in total. The molecule has 0 radical (unpaired) electrons. The van der Waals surface area contributed by atoms with Crippen LogP contribution >= 0.6 is 0 Å². The molecule has 0 aromatic carbocycles. The van der Waals surface area contributed by atoms with Gasteiger partial charge in [-0.25, -0.2) is 8.42 Å². The molecule has 1 unspecified atom stereocenters. The van der Waals surface area contributed by atoms with Gasteiger partial charge < -0.3 is 15.1 Å². The predicted octanol–water partition coefficient (Wildman–Crippen LogP) is -0.141. The van der Waals surface area contributed by atoms with Gasteiger partial charge >= 0.3 is 0 Å². The summed E-state index contributed by atoms with van der Waals surface area (Å²) in [6.07, 6.45) is 2.23. The van der Waals surface area contributed by atoms with Crippen molar-refractivity contribution in [3.8, 4) is 0 Å². The first-order valence-electron chi connectivity index (χ1n) is 7.46. The van der Waals surface area contributed by atoms with E-state index >= 15 is 0 Å². The third kappa shape index (κ3) is 4.51. The van der Waals surface area contributed by atoms with E-state index in [1.807, 2.05) is 25.9 Å². The average Bonchev–Trinajstić information content (AvgIpc) is 2.80. The van der Waals surface area contributed by atoms with Crippen LogP contribution in [0.1, 0.15) is 13.3 Å². The van der Waals surface area contributed by atoms with Gasteiger partial charge in [-0.15, -0.1) is 5.10 Å². The molecule has 0 bridgehead atoms. The first-order valence-corrected chi connectivity index (χ1v) is 9.29. The normalized spacial score (nSPS) is 20.3. The molecule has 1 fully saturated rings. The molecule has 124 valence electrons. The molecule has 0 saturated carbocycles. The number of nitrogens with zero attached hydrogens (tertiary/aromatic N) is 5. The zero-order valence-corrected chi connectivity index (χ0v) is 14.2. The second kappa shape index (κ2) is 7.19. The largest absolute Gasteiger partial charge is 0.352 e. The maximum absolute atomic E-state index is 11.7. The SMILES string of the molecule is CCN(c1cnnc(NCCN(C)C)n1)C1CCS(=O)(=O)C1. The highest BCUT2D eigenvalue weighted by Gasteiger charge is 2.32. The van der Waals surface area contributed by atoms with Gasteiger partial charge in [0.1, 0.15) is 0 Å². The fourth-order valence-electron chi connectivity index (χ4n) is 2.53. The fraction of sp³-hybridized carbons (Fsp3) is 0.769. The Kier molecular flexibility index (Phi) is 5.52. The first-order chi connectivity index (χ1) is 10.4. The summed E-state index contributed by atoms with van der Waals surface area (Å²) in [6, 6.07) is -0.0266. The topological polar surface area (TPSA) is 91.3 Å².